The first-order valence-corrected chi connectivity index (χ1v) is 7.24. The maximum absolute atomic E-state index is 11.7. The molecule has 1 amide bonds. The summed E-state index contributed by atoms with van der Waals surface area (Å²) in [5, 5.41) is 2.71. The lowest BCUT2D eigenvalue weighted by Gasteiger charge is -2.08. The van der Waals surface area contributed by atoms with Gasteiger partial charge in [-0.3, -0.25) is 5.32 Å². The van der Waals surface area contributed by atoms with Crippen molar-refractivity contribution in [1.29, 1.82) is 0 Å². The van der Waals surface area contributed by atoms with Gasteiger partial charge in [-0.25, -0.2) is 4.79 Å². The maximum Gasteiger partial charge on any atom is 0.411 e. The molecule has 0 saturated heterocycles. The zero-order valence-corrected chi connectivity index (χ0v) is 12.8. The average molecular weight is 334 g/mol. The SMILES string of the molecule is CCc1ccc(NC(=O)OCc2ccccc2Br)cc1. The number of anilines is 1. The molecule has 0 aliphatic heterocycles. The summed E-state index contributed by atoms with van der Waals surface area (Å²) < 4.78 is 6.12. The third kappa shape index (κ3) is 4.10. The third-order valence-corrected chi connectivity index (χ3v) is 3.70. The normalized spacial score (nSPS) is 10.1. The predicted molar refractivity (Wildman–Crippen MR) is 83.8 cm³/mol. The van der Waals surface area contributed by atoms with Gasteiger partial charge in [0.1, 0.15) is 6.61 Å². The smallest absolute Gasteiger partial charge is 0.411 e. The summed E-state index contributed by atoms with van der Waals surface area (Å²) in [5.74, 6) is 0. The lowest BCUT2D eigenvalue weighted by atomic mass is 10.1. The minimum Gasteiger partial charge on any atom is -0.444 e. The Balaban J connectivity index is 1.87. The molecule has 0 aromatic heterocycles. The summed E-state index contributed by atoms with van der Waals surface area (Å²) in [7, 11) is 0. The quantitative estimate of drug-likeness (QED) is 0.875. The molecule has 3 nitrogen and oxygen atoms in total. The lowest BCUT2D eigenvalue weighted by Crippen LogP contribution is -2.13. The monoisotopic (exact) mass is 333 g/mol. The minimum atomic E-state index is -0.454. The van der Waals surface area contributed by atoms with Crippen LogP contribution in [0.1, 0.15) is 18.1 Å². The zero-order chi connectivity index (χ0) is 14.4. The van der Waals surface area contributed by atoms with Crippen molar-refractivity contribution in [2.45, 2.75) is 20.0 Å². The Morgan fingerprint density at radius 3 is 2.50 bits per heavy atom. The van der Waals surface area contributed by atoms with Gasteiger partial charge in [0.2, 0.25) is 0 Å². The second kappa shape index (κ2) is 7.10. The molecule has 4 heteroatoms. The first-order chi connectivity index (χ1) is 9.69. The molecule has 0 saturated carbocycles. The second-order valence-corrected chi connectivity index (χ2v) is 5.20. The highest BCUT2D eigenvalue weighted by molar-refractivity contribution is 9.10. The number of ether oxygens (including phenoxy) is 1. The van der Waals surface area contributed by atoms with Crippen LogP contribution < -0.4 is 5.32 Å². The van der Waals surface area contributed by atoms with Crippen LogP contribution in [0, 0.1) is 0 Å². The summed E-state index contributed by atoms with van der Waals surface area (Å²) in [6.07, 6.45) is 0.525. The van der Waals surface area contributed by atoms with Gasteiger partial charge in [-0.05, 0) is 30.2 Å². The molecule has 0 bridgehead atoms. The van der Waals surface area contributed by atoms with E-state index in [1.54, 1.807) is 0 Å². The van der Waals surface area contributed by atoms with Gasteiger partial charge < -0.3 is 4.74 Å². The molecular weight excluding hydrogens is 318 g/mol. The highest BCUT2D eigenvalue weighted by Gasteiger charge is 2.05. The van der Waals surface area contributed by atoms with Crippen LogP contribution in [-0.4, -0.2) is 6.09 Å². The summed E-state index contributed by atoms with van der Waals surface area (Å²) in [5.41, 5.74) is 2.90. The van der Waals surface area contributed by atoms with Gasteiger partial charge in [0, 0.05) is 15.7 Å². The molecule has 0 heterocycles. The van der Waals surface area contributed by atoms with Gasteiger partial charge in [-0.2, -0.15) is 0 Å². The van der Waals surface area contributed by atoms with Crippen LogP contribution in [0.2, 0.25) is 0 Å². The molecule has 2 rings (SSSR count). The molecule has 0 unspecified atom stereocenters. The van der Waals surface area contributed by atoms with Gasteiger partial charge >= 0.3 is 6.09 Å². The number of rotatable bonds is 4. The number of hydrogen-bond donors (Lipinski definition) is 1. The van der Waals surface area contributed by atoms with Gasteiger partial charge in [0.05, 0.1) is 0 Å². The van der Waals surface area contributed by atoms with Crippen molar-refractivity contribution in [1.82, 2.24) is 0 Å². The highest BCUT2D eigenvalue weighted by Crippen LogP contribution is 2.17. The number of halogens is 1. The van der Waals surface area contributed by atoms with Crippen LogP contribution >= 0.6 is 15.9 Å². The number of carbonyl (C=O) groups is 1. The van der Waals surface area contributed by atoms with Crippen LogP contribution in [0.5, 0.6) is 0 Å². The molecule has 1 N–H and O–H groups in total. The van der Waals surface area contributed by atoms with Crippen LogP contribution in [0.3, 0.4) is 0 Å². The molecule has 20 heavy (non-hydrogen) atoms. The molecular formula is C16H16BrNO2. The molecule has 0 aliphatic carbocycles. The standard InChI is InChI=1S/C16H16BrNO2/c1-2-12-7-9-14(10-8-12)18-16(19)20-11-13-5-3-4-6-15(13)17/h3-10H,2,11H2,1H3,(H,18,19). The lowest BCUT2D eigenvalue weighted by molar-refractivity contribution is 0.155. The van der Waals surface area contributed by atoms with Gasteiger partial charge in [-0.15, -0.1) is 0 Å². The summed E-state index contributed by atoms with van der Waals surface area (Å²) >= 11 is 3.42. The van der Waals surface area contributed by atoms with Crippen molar-refractivity contribution in [3.8, 4) is 0 Å². The van der Waals surface area contributed by atoms with Crippen molar-refractivity contribution in [2.24, 2.45) is 0 Å². The fourth-order valence-corrected chi connectivity index (χ4v) is 2.14. The van der Waals surface area contributed by atoms with Gasteiger partial charge in [0.25, 0.3) is 0 Å². The van der Waals surface area contributed by atoms with Crippen LogP contribution in [0.25, 0.3) is 0 Å². The Kier molecular flexibility index (Phi) is 5.18. The number of hydrogen-bond acceptors (Lipinski definition) is 2. The molecule has 0 fully saturated rings. The van der Waals surface area contributed by atoms with E-state index >= 15 is 0 Å². The number of nitrogens with one attached hydrogen (secondary N) is 1. The summed E-state index contributed by atoms with van der Waals surface area (Å²) in [6, 6.07) is 15.4. The van der Waals surface area contributed by atoms with Crippen molar-refractivity contribution in [2.75, 3.05) is 5.32 Å². The number of amides is 1. The number of benzene rings is 2. The van der Waals surface area contributed by atoms with E-state index in [4.69, 9.17) is 4.74 Å². The predicted octanol–water partition coefficient (Wildman–Crippen LogP) is 4.76. The molecule has 2 aromatic carbocycles. The molecule has 0 radical (unpaired) electrons. The number of aryl methyl sites for hydroxylation is 1. The third-order valence-electron chi connectivity index (χ3n) is 2.93. The van der Waals surface area contributed by atoms with Crippen molar-refractivity contribution < 1.29 is 9.53 Å². The number of carbonyl (C=O) groups excluding carboxylic acids is 1. The average Bonchev–Trinajstić information content (AvgIpc) is 2.47. The molecule has 0 spiro atoms. The highest BCUT2D eigenvalue weighted by atomic mass is 79.9. The summed E-state index contributed by atoms with van der Waals surface area (Å²) in [4.78, 5) is 11.7. The fourth-order valence-electron chi connectivity index (χ4n) is 1.74. The fraction of sp³-hybridized carbons (Fsp3) is 0.188. The van der Waals surface area contributed by atoms with E-state index in [9.17, 15) is 4.79 Å². The maximum atomic E-state index is 11.7. The Labute approximate surface area is 127 Å². The molecule has 0 atom stereocenters. The van der Waals surface area contributed by atoms with E-state index in [1.807, 2.05) is 48.5 Å². The van der Waals surface area contributed by atoms with Crippen molar-refractivity contribution in [3.05, 3.63) is 64.1 Å². The van der Waals surface area contributed by atoms with Crippen LogP contribution in [-0.2, 0) is 17.8 Å². The molecule has 2 aromatic rings. The molecule has 104 valence electrons. The Hall–Kier alpha value is -1.81. The second-order valence-electron chi connectivity index (χ2n) is 4.34. The summed E-state index contributed by atoms with van der Waals surface area (Å²) in [6.45, 7) is 2.33. The van der Waals surface area contributed by atoms with Gasteiger partial charge in [0.15, 0.2) is 0 Å². The van der Waals surface area contributed by atoms with E-state index in [0.717, 1.165) is 22.1 Å². The van der Waals surface area contributed by atoms with E-state index in [0.29, 0.717) is 0 Å². The largest absolute Gasteiger partial charge is 0.444 e. The Bertz CT molecular complexity index is 581. The minimum absolute atomic E-state index is 0.236. The van der Waals surface area contributed by atoms with E-state index < -0.39 is 6.09 Å². The zero-order valence-electron chi connectivity index (χ0n) is 11.2. The first-order valence-electron chi connectivity index (χ1n) is 6.45. The van der Waals surface area contributed by atoms with Crippen LogP contribution in [0.4, 0.5) is 10.5 Å². The van der Waals surface area contributed by atoms with Crippen molar-refractivity contribution >= 4 is 27.7 Å². The van der Waals surface area contributed by atoms with E-state index in [2.05, 4.69) is 28.2 Å². The Morgan fingerprint density at radius 2 is 1.85 bits per heavy atom. The topological polar surface area (TPSA) is 38.3 Å². The van der Waals surface area contributed by atoms with E-state index in [-0.39, 0.29) is 6.61 Å². The van der Waals surface area contributed by atoms with Gasteiger partial charge in [-0.1, -0.05) is 53.2 Å². The van der Waals surface area contributed by atoms with E-state index in [1.165, 1.54) is 5.56 Å². The Morgan fingerprint density at radius 1 is 1.15 bits per heavy atom. The first kappa shape index (κ1) is 14.6. The molecule has 0 aliphatic rings. The van der Waals surface area contributed by atoms with Crippen LogP contribution in [0.15, 0.2) is 53.0 Å². The van der Waals surface area contributed by atoms with Crippen molar-refractivity contribution in [3.63, 3.8) is 0 Å².